The van der Waals surface area contributed by atoms with E-state index in [1.54, 1.807) is 6.26 Å². The van der Waals surface area contributed by atoms with Crippen molar-refractivity contribution in [2.75, 3.05) is 13.6 Å². The molecule has 1 heterocycles. The highest BCUT2D eigenvalue weighted by Crippen LogP contribution is 2.15. The molecular weight excluding hydrogens is 248 g/mol. The van der Waals surface area contributed by atoms with E-state index < -0.39 is 0 Å². The Balaban J connectivity index is 2.08. The first-order chi connectivity index (χ1) is 9.70. The summed E-state index contributed by atoms with van der Waals surface area (Å²) in [6.45, 7) is 4.09. The second kappa shape index (κ2) is 6.95. The molecule has 0 saturated heterocycles. The van der Waals surface area contributed by atoms with Crippen molar-refractivity contribution in [1.29, 1.82) is 0 Å². The number of hydrogen-bond donors (Lipinski definition) is 1. The maximum absolute atomic E-state index is 5.44. The van der Waals surface area contributed by atoms with Crippen molar-refractivity contribution in [2.24, 2.45) is 5.73 Å². The van der Waals surface area contributed by atoms with Gasteiger partial charge in [0.1, 0.15) is 5.76 Å². The molecule has 2 N–H and O–H groups in total. The highest BCUT2D eigenvalue weighted by Gasteiger charge is 2.07. The number of aryl methyl sites for hydroxylation is 1. The van der Waals surface area contributed by atoms with Crippen molar-refractivity contribution in [2.45, 2.75) is 20.0 Å². The smallest absolute Gasteiger partial charge is 0.105 e. The molecule has 1 aromatic carbocycles. The quantitative estimate of drug-likeness (QED) is 0.866. The molecule has 0 amide bonds. The van der Waals surface area contributed by atoms with Crippen LogP contribution in [-0.4, -0.2) is 18.5 Å². The molecule has 0 saturated carbocycles. The minimum Gasteiger partial charge on any atom is -0.469 e. The Morgan fingerprint density at radius 1 is 1.15 bits per heavy atom. The first-order valence-electron chi connectivity index (χ1n) is 6.69. The van der Waals surface area contributed by atoms with Gasteiger partial charge in [0.05, 0.1) is 12.8 Å². The molecule has 0 atom stereocenters. The van der Waals surface area contributed by atoms with Gasteiger partial charge in [-0.15, -0.1) is 0 Å². The van der Waals surface area contributed by atoms with Crippen molar-refractivity contribution in [3.05, 3.63) is 59.0 Å². The first-order valence-corrected chi connectivity index (χ1v) is 6.69. The molecule has 1 aromatic heterocycles. The van der Waals surface area contributed by atoms with E-state index in [0.29, 0.717) is 6.54 Å². The van der Waals surface area contributed by atoms with Gasteiger partial charge in [-0.2, -0.15) is 0 Å². The Morgan fingerprint density at radius 3 is 2.60 bits per heavy atom. The molecule has 0 radical (unpaired) electrons. The van der Waals surface area contributed by atoms with E-state index in [1.807, 2.05) is 31.2 Å². The first kappa shape index (κ1) is 14.4. The fourth-order valence-corrected chi connectivity index (χ4v) is 2.14. The minimum absolute atomic E-state index is 0.387. The SMILES string of the molecule is Cc1occc1CN(C)Cc1ccccc1C#CCN. The third kappa shape index (κ3) is 3.74. The second-order valence-electron chi connectivity index (χ2n) is 4.84. The zero-order valence-corrected chi connectivity index (χ0v) is 12.0. The summed E-state index contributed by atoms with van der Waals surface area (Å²) < 4.78 is 5.33. The van der Waals surface area contributed by atoms with Crippen molar-refractivity contribution in [1.82, 2.24) is 4.90 Å². The molecule has 3 heteroatoms. The van der Waals surface area contributed by atoms with E-state index in [-0.39, 0.29) is 0 Å². The maximum Gasteiger partial charge on any atom is 0.105 e. The monoisotopic (exact) mass is 268 g/mol. The molecule has 0 bridgehead atoms. The van der Waals surface area contributed by atoms with E-state index in [0.717, 1.165) is 24.4 Å². The van der Waals surface area contributed by atoms with Crippen molar-refractivity contribution < 1.29 is 4.42 Å². The van der Waals surface area contributed by atoms with Crippen LogP contribution in [0.15, 0.2) is 41.0 Å². The normalized spacial score (nSPS) is 10.4. The molecule has 2 rings (SSSR count). The Morgan fingerprint density at radius 2 is 1.90 bits per heavy atom. The average Bonchev–Trinajstić information content (AvgIpc) is 2.83. The van der Waals surface area contributed by atoms with Gasteiger partial charge in [0.15, 0.2) is 0 Å². The average molecular weight is 268 g/mol. The highest BCUT2D eigenvalue weighted by molar-refractivity contribution is 5.41. The van der Waals surface area contributed by atoms with Crippen LogP contribution in [0.25, 0.3) is 0 Å². The zero-order chi connectivity index (χ0) is 14.4. The van der Waals surface area contributed by atoms with Gasteiger partial charge in [-0.05, 0) is 31.7 Å². The van der Waals surface area contributed by atoms with Crippen LogP contribution in [0.1, 0.15) is 22.5 Å². The summed E-state index contributed by atoms with van der Waals surface area (Å²) in [7, 11) is 2.10. The lowest BCUT2D eigenvalue weighted by Crippen LogP contribution is -2.18. The molecule has 0 fully saturated rings. The van der Waals surface area contributed by atoms with Gasteiger partial charge < -0.3 is 10.2 Å². The summed E-state index contributed by atoms with van der Waals surface area (Å²) in [6.07, 6.45) is 1.74. The number of furan rings is 1. The molecule has 0 spiro atoms. The third-order valence-electron chi connectivity index (χ3n) is 3.19. The topological polar surface area (TPSA) is 42.4 Å². The van der Waals surface area contributed by atoms with Gasteiger partial charge >= 0.3 is 0 Å². The third-order valence-corrected chi connectivity index (χ3v) is 3.19. The standard InChI is InChI=1S/C17H20N2O/c1-14-16(9-11-20-14)12-19(2)13-17-7-4-3-6-15(17)8-5-10-18/h3-4,6-7,9,11H,10,12-13,18H2,1-2H3. The van der Waals surface area contributed by atoms with E-state index in [4.69, 9.17) is 10.2 Å². The van der Waals surface area contributed by atoms with Gasteiger partial charge in [-0.3, -0.25) is 4.90 Å². The Labute approximate surface area is 120 Å². The molecule has 3 nitrogen and oxygen atoms in total. The Bertz CT molecular complexity index is 619. The van der Waals surface area contributed by atoms with Crippen LogP contribution in [0.4, 0.5) is 0 Å². The number of nitrogens with zero attached hydrogens (tertiary/aromatic N) is 1. The summed E-state index contributed by atoms with van der Waals surface area (Å²) in [5.41, 5.74) is 8.93. The van der Waals surface area contributed by atoms with Crippen LogP contribution in [0.5, 0.6) is 0 Å². The van der Waals surface area contributed by atoms with Crippen LogP contribution in [0.3, 0.4) is 0 Å². The summed E-state index contributed by atoms with van der Waals surface area (Å²) in [5.74, 6) is 7.03. The number of nitrogens with two attached hydrogens (primary N) is 1. The minimum atomic E-state index is 0.387. The lowest BCUT2D eigenvalue weighted by molar-refractivity contribution is 0.316. The largest absolute Gasteiger partial charge is 0.469 e. The van der Waals surface area contributed by atoms with Crippen LogP contribution in [0, 0.1) is 18.8 Å². The number of benzene rings is 1. The summed E-state index contributed by atoms with van der Waals surface area (Å²) in [6, 6.07) is 10.2. The van der Waals surface area contributed by atoms with Crippen LogP contribution < -0.4 is 5.73 Å². The van der Waals surface area contributed by atoms with Crippen molar-refractivity contribution >= 4 is 0 Å². The van der Waals surface area contributed by atoms with Gasteiger partial charge in [-0.25, -0.2) is 0 Å². The molecule has 0 aliphatic heterocycles. The maximum atomic E-state index is 5.44. The van der Waals surface area contributed by atoms with E-state index in [1.165, 1.54) is 11.1 Å². The lowest BCUT2D eigenvalue weighted by atomic mass is 10.1. The van der Waals surface area contributed by atoms with Gasteiger partial charge in [0.2, 0.25) is 0 Å². The van der Waals surface area contributed by atoms with E-state index in [2.05, 4.69) is 29.9 Å². The fraction of sp³-hybridized carbons (Fsp3) is 0.294. The van der Waals surface area contributed by atoms with E-state index in [9.17, 15) is 0 Å². The Hall–Kier alpha value is -2.02. The van der Waals surface area contributed by atoms with Crippen molar-refractivity contribution in [3.8, 4) is 11.8 Å². The number of hydrogen-bond acceptors (Lipinski definition) is 3. The van der Waals surface area contributed by atoms with Gasteiger partial charge in [-0.1, -0.05) is 30.0 Å². The lowest BCUT2D eigenvalue weighted by Gasteiger charge is -2.17. The van der Waals surface area contributed by atoms with Gasteiger partial charge in [0.25, 0.3) is 0 Å². The molecule has 0 aliphatic carbocycles. The fourth-order valence-electron chi connectivity index (χ4n) is 2.14. The summed E-state index contributed by atoms with van der Waals surface area (Å²) >= 11 is 0. The Kier molecular flexibility index (Phi) is 5.00. The molecule has 0 aliphatic rings. The molecule has 0 unspecified atom stereocenters. The summed E-state index contributed by atoms with van der Waals surface area (Å²) in [5, 5.41) is 0. The van der Waals surface area contributed by atoms with Crippen molar-refractivity contribution in [3.63, 3.8) is 0 Å². The molecule has 20 heavy (non-hydrogen) atoms. The predicted octanol–water partition coefficient (Wildman–Crippen LogP) is 2.53. The summed E-state index contributed by atoms with van der Waals surface area (Å²) in [4.78, 5) is 2.25. The van der Waals surface area contributed by atoms with Gasteiger partial charge in [0, 0.05) is 24.2 Å². The van der Waals surface area contributed by atoms with Crippen LogP contribution in [-0.2, 0) is 13.1 Å². The number of rotatable bonds is 4. The second-order valence-corrected chi connectivity index (χ2v) is 4.84. The van der Waals surface area contributed by atoms with Crippen LogP contribution >= 0.6 is 0 Å². The van der Waals surface area contributed by atoms with E-state index >= 15 is 0 Å². The van der Waals surface area contributed by atoms with Crippen LogP contribution in [0.2, 0.25) is 0 Å². The highest BCUT2D eigenvalue weighted by atomic mass is 16.3. The molecule has 2 aromatic rings. The zero-order valence-electron chi connectivity index (χ0n) is 12.0. The predicted molar refractivity (Wildman–Crippen MR) is 81.0 cm³/mol. The molecular formula is C17H20N2O. The molecule has 104 valence electrons.